The smallest absolute Gasteiger partial charge is 0.311 e. The predicted molar refractivity (Wildman–Crippen MR) is 83.3 cm³/mol. The van der Waals surface area contributed by atoms with Crippen LogP contribution in [0.4, 0.5) is 0 Å². The number of hydrogen-bond acceptors (Lipinski definition) is 5. The first-order valence-corrected chi connectivity index (χ1v) is 8.43. The summed E-state index contributed by atoms with van der Waals surface area (Å²) in [7, 11) is 0. The first-order chi connectivity index (χ1) is 10.2. The van der Waals surface area contributed by atoms with Crippen molar-refractivity contribution in [3.63, 3.8) is 0 Å². The van der Waals surface area contributed by atoms with Gasteiger partial charge in [0.05, 0.1) is 18.7 Å². The average Bonchev–Trinajstić information content (AvgIpc) is 2.95. The van der Waals surface area contributed by atoms with Crippen molar-refractivity contribution < 1.29 is 14.3 Å². The summed E-state index contributed by atoms with van der Waals surface area (Å²) in [6, 6.07) is 0. The van der Waals surface area contributed by atoms with E-state index in [1.54, 1.807) is 0 Å². The highest BCUT2D eigenvalue weighted by Gasteiger charge is 2.15. The monoisotopic (exact) mass is 309 g/mol. The Morgan fingerprint density at radius 1 is 1.52 bits per heavy atom. The maximum absolute atomic E-state index is 11.9. The van der Waals surface area contributed by atoms with Gasteiger partial charge in [0, 0.05) is 12.0 Å². The second kappa shape index (κ2) is 8.29. The van der Waals surface area contributed by atoms with Crippen LogP contribution in [0.25, 0.3) is 0 Å². The van der Waals surface area contributed by atoms with E-state index in [0.717, 1.165) is 30.0 Å². The topological polar surface area (TPSA) is 48.4 Å². The molecule has 2 atom stereocenters. The molecule has 21 heavy (non-hydrogen) atoms. The molecule has 0 amide bonds. The SMILES string of the molecule is CCO[C@H](C)c1nc(CC(=O)OC[C@H]2CC=CCC2)cs1. The van der Waals surface area contributed by atoms with Crippen LogP contribution in [-0.2, 0) is 20.7 Å². The Morgan fingerprint density at radius 3 is 3.10 bits per heavy atom. The van der Waals surface area contributed by atoms with Crippen molar-refractivity contribution in [1.82, 2.24) is 4.98 Å². The van der Waals surface area contributed by atoms with Crippen molar-refractivity contribution in [2.75, 3.05) is 13.2 Å². The summed E-state index contributed by atoms with van der Waals surface area (Å²) in [5, 5.41) is 2.83. The van der Waals surface area contributed by atoms with Gasteiger partial charge in [-0.15, -0.1) is 11.3 Å². The Hall–Kier alpha value is -1.20. The van der Waals surface area contributed by atoms with Crippen molar-refractivity contribution in [2.45, 2.75) is 45.6 Å². The van der Waals surface area contributed by atoms with Crippen LogP contribution in [0.2, 0.25) is 0 Å². The number of ether oxygens (including phenoxy) is 2. The number of carbonyl (C=O) groups excluding carboxylic acids is 1. The van der Waals surface area contributed by atoms with E-state index in [1.165, 1.54) is 11.3 Å². The highest BCUT2D eigenvalue weighted by molar-refractivity contribution is 7.09. The summed E-state index contributed by atoms with van der Waals surface area (Å²) < 4.78 is 10.9. The molecule has 0 N–H and O–H groups in total. The minimum Gasteiger partial charge on any atom is -0.465 e. The van der Waals surface area contributed by atoms with Crippen LogP contribution in [0, 0.1) is 5.92 Å². The molecule has 0 fully saturated rings. The molecule has 1 heterocycles. The minimum absolute atomic E-state index is 0.0150. The van der Waals surface area contributed by atoms with Gasteiger partial charge in [0.25, 0.3) is 0 Å². The molecule has 1 aliphatic carbocycles. The molecular weight excluding hydrogens is 286 g/mol. The van der Waals surface area contributed by atoms with Gasteiger partial charge in [0.15, 0.2) is 0 Å². The van der Waals surface area contributed by atoms with Gasteiger partial charge in [-0.05, 0) is 39.0 Å². The molecule has 1 aromatic heterocycles. The molecule has 0 spiro atoms. The molecule has 0 unspecified atom stereocenters. The normalized spacial score (nSPS) is 19.4. The second-order valence-electron chi connectivity index (χ2n) is 5.28. The van der Waals surface area contributed by atoms with Crippen LogP contribution in [0.15, 0.2) is 17.5 Å². The summed E-state index contributed by atoms with van der Waals surface area (Å²) in [6.45, 7) is 5.12. The third-order valence-electron chi connectivity index (χ3n) is 3.52. The maximum Gasteiger partial charge on any atom is 0.311 e. The molecule has 4 nitrogen and oxygen atoms in total. The number of rotatable bonds is 7. The molecule has 2 rings (SSSR count). The Morgan fingerprint density at radius 2 is 2.38 bits per heavy atom. The molecule has 0 radical (unpaired) electrons. The maximum atomic E-state index is 11.9. The molecule has 0 aromatic carbocycles. The summed E-state index contributed by atoms with van der Waals surface area (Å²) in [5.41, 5.74) is 0.773. The number of esters is 1. The van der Waals surface area contributed by atoms with Gasteiger partial charge in [-0.3, -0.25) is 4.79 Å². The zero-order valence-electron chi connectivity index (χ0n) is 12.7. The standard InChI is InChI=1S/C16H23NO3S/c1-3-19-12(2)16-17-14(11-21-16)9-15(18)20-10-13-7-5-4-6-8-13/h4-5,11-13H,3,6-10H2,1-2H3/t12-,13+/m1/s1. The van der Waals surface area contributed by atoms with Gasteiger partial charge in [-0.2, -0.15) is 0 Å². The quantitative estimate of drug-likeness (QED) is 0.569. The van der Waals surface area contributed by atoms with E-state index in [1.807, 2.05) is 19.2 Å². The van der Waals surface area contributed by atoms with Gasteiger partial charge in [0.1, 0.15) is 11.1 Å². The third kappa shape index (κ3) is 5.25. The number of hydrogen-bond donors (Lipinski definition) is 0. The summed E-state index contributed by atoms with van der Waals surface area (Å²) in [4.78, 5) is 16.3. The lowest BCUT2D eigenvalue weighted by Crippen LogP contribution is -2.16. The van der Waals surface area contributed by atoms with Crippen molar-refractivity contribution in [3.8, 4) is 0 Å². The molecule has 1 aliphatic rings. The first-order valence-electron chi connectivity index (χ1n) is 7.55. The minimum atomic E-state index is -0.189. The summed E-state index contributed by atoms with van der Waals surface area (Å²) in [6.07, 6.45) is 7.80. The number of allylic oxidation sites excluding steroid dienone is 2. The Labute approximate surface area is 130 Å². The number of aromatic nitrogens is 1. The Balaban J connectivity index is 1.75. The van der Waals surface area contributed by atoms with Crippen LogP contribution in [0.5, 0.6) is 0 Å². The molecule has 5 heteroatoms. The van der Waals surface area contributed by atoms with Gasteiger partial charge in [-0.1, -0.05) is 12.2 Å². The zero-order chi connectivity index (χ0) is 15.1. The average molecular weight is 309 g/mol. The number of thiazole rings is 1. The molecule has 0 bridgehead atoms. The molecule has 0 aliphatic heterocycles. The fourth-order valence-electron chi connectivity index (χ4n) is 2.33. The fourth-order valence-corrected chi connectivity index (χ4v) is 3.15. The lowest BCUT2D eigenvalue weighted by Gasteiger charge is -2.17. The third-order valence-corrected chi connectivity index (χ3v) is 4.57. The van der Waals surface area contributed by atoms with Crippen molar-refractivity contribution >= 4 is 17.3 Å². The number of nitrogens with zero attached hydrogens (tertiary/aromatic N) is 1. The van der Waals surface area contributed by atoms with E-state index in [9.17, 15) is 4.79 Å². The summed E-state index contributed by atoms with van der Waals surface area (Å²) >= 11 is 1.53. The Bertz CT molecular complexity index is 484. The predicted octanol–water partition coefficient (Wildman–Crippen LogP) is 3.68. The molecular formula is C16H23NO3S. The molecule has 1 aromatic rings. The number of carbonyl (C=O) groups is 1. The summed E-state index contributed by atoms with van der Waals surface area (Å²) in [5.74, 6) is 0.286. The van der Waals surface area contributed by atoms with E-state index in [4.69, 9.17) is 9.47 Å². The van der Waals surface area contributed by atoms with Gasteiger partial charge in [-0.25, -0.2) is 4.98 Å². The molecule has 0 saturated heterocycles. The molecule has 116 valence electrons. The van der Waals surface area contributed by atoms with Crippen molar-refractivity contribution in [2.24, 2.45) is 5.92 Å². The van der Waals surface area contributed by atoms with Crippen LogP contribution in [0.3, 0.4) is 0 Å². The van der Waals surface area contributed by atoms with E-state index in [-0.39, 0.29) is 18.5 Å². The largest absolute Gasteiger partial charge is 0.465 e. The van der Waals surface area contributed by atoms with E-state index in [2.05, 4.69) is 17.1 Å². The van der Waals surface area contributed by atoms with Crippen LogP contribution < -0.4 is 0 Å². The zero-order valence-corrected chi connectivity index (χ0v) is 13.5. The fraction of sp³-hybridized carbons (Fsp3) is 0.625. The van der Waals surface area contributed by atoms with Crippen LogP contribution in [0.1, 0.15) is 49.9 Å². The van der Waals surface area contributed by atoms with E-state index >= 15 is 0 Å². The van der Waals surface area contributed by atoms with Gasteiger partial charge in [0.2, 0.25) is 0 Å². The Kier molecular flexibility index (Phi) is 6.39. The van der Waals surface area contributed by atoms with Crippen LogP contribution >= 0.6 is 11.3 Å². The highest BCUT2D eigenvalue weighted by atomic mass is 32.1. The van der Waals surface area contributed by atoms with Gasteiger partial charge >= 0.3 is 5.97 Å². The van der Waals surface area contributed by atoms with E-state index < -0.39 is 0 Å². The van der Waals surface area contributed by atoms with E-state index in [0.29, 0.717) is 19.1 Å². The highest BCUT2D eigenvalue weighted by Crippen LogP contribution is 2.22. The molecule has 0 saturated carbocycles. The van der Waals surface area contributed by atoms with Crippen molar-refractivity contribution in [1.29, 1.82) is 0 Å². The lowest BCUT2D eigenvalue weighted by molar-refractivity contribution is -0.144. The van der Waals surface area contributed by atoms with Crippen LogP contribution in [-0.4, -0.2) is 24.2 Å². The van der Waals surface area contributed by atoms with Gasteiger partial charge < -0.3 is 9.47 Å². The second-order valence-corrected chi connectivity index (χ2v) is 6.17. The van der Waals surface area contributed by atoms with Crippen molar-refractivity contribution in [3.05, 3.63) is 28.2 Å². The first kappa shape index (κ1) is 16.2. The lowest BCUT2D eigenvalue weighted by atomic mass is 9.95.